The van der Waals surface area contributed by atoms with Crippen LogP contribution in [-0.4, -0.2) is 21.0 Å². The highest BCUT2D eigenvalue weighted by molar-refractivity contribution is 7.12. The normalized spacial score (nSPS) is 12.2. The molecule has 0 aromatic carbocycles. The lowest BCUT2D eigenvalue weighted by Gasteiger charge is -2.14. The first kappa shape index (κ1) is 13.5. The number of nitrogens with zero attached hydrogens (tertiary/aromatic N) is 2. The molecule has 1 unspecified atom stereocenters. The summed E-state index contributed by atoms with van der Waals surface area (Å²) in [5, 5.41) is 12.0. The Morgan fingerprint density at radius 3 is 2.58 bits per heavy atom. The van der Waals surface area contributed by atoms with E-state index in [0.29, 0.717) is 5.82 Å². The van der Waals surface area contributed by atoms with Crippen LogP contribution < -0.4 is 5.32 Å². The summed E-state index contributed by atoms with van der Waals surface area (Å²) in [5.74, 6) is -0.503. The van der Waals surface area contributed by atoms with Crippen molar-refractivity contribution < 1.29 is 9.90 Å². The molecule has 0 radical (unpaired) electrons. The molecule has 0 saturated carbocycles. The molecule has 5 nitrogen and oxygen atoms in total. The number of hydrogen-bond donors (Lipinski definition) is 2. The van der Waals surface area contributed by atoms with Gasteiger partial charge in [0.25, 0.3) is 0 Å². The summed E-state index contributed by atoms with van der Waals surface area (Å²) in [6.45, 7) is 6.21. The van der Waals surface area contributed by atoms with E-state index in [2.05, 4.69) is 35.2 Å². The van der Waals surface area contributed by atoms with Crippen molar-refractivity contribution in [2.45, 2.75) is 26.8 Å². The molecule has 0 saturated heterocycles. The summed E-state index contributed by atoms with van der Waals surface area (Å²) in [4.78, 5) is 21.1. The molecule has 0 aliphatic carbocycles. The summed E-state index contributed by atoms with van der Waals surface area (Å²) in [5.41, 5.74) is 1.17. The average Bonchev–Trinajstić information content (AvgIpc) is 2.69. The van der Waals surface area contributed by atoms with E-state index in [1.807, 2.05) is 6.92 Å². The molecule has 1 atom stereocenters. The molecule has 2 N–H and O–H groups in total. The van der Waals surface area contributed by atoms with Gasteiger partial charge in [-0.2, -0.15) is 0 Å². The topological polar surface area (TPSA) is 75.1 Å². The van der Waals surface area contributed by atoms with Crippen molar-refractivity contribution in [3.8, 4) is 0 Å². The second kappa shape index (κ2) is 5.36. The van der Waals surface area contributed by atoms with Crippen LogP contribution in [0.3, 0.4) is 0 Å². The van der Waals surface area contributed by atoms with E-state index >= 15 is 0 Å². The molecule has 2 rings (SSSR count). The number of rotatable bonds is 4. The molecule has 19 heavy (non-hydrogen) atoms. The minimum absolute atomic E-state index is 0.0549. The number of aryl methyl sites for hydroxylation is 2. The maximum absolute atomic E-state index is 10.7. The van der Waals surface area contributed by atoms with Gasteiger partial charge in [-0.25, -0.2) is 14.8 Å². The maximum atomic E-state index is 10.7. The summed E-state index contributed by atoms with van der Waals surface area (Å²) >= 11 is 1.76. The number of thiophene rings is 1. The smallest absolute Gasteiger partial charge is 0.356 e. The Kier molecular flexibility index (Phi) is 3.80. The van der Waals surface area contributed by atoms with E-state index in [-0.39, 0.29) is 11.7 Å². The van der Waals surface area contributed by atoms with Gasteiger partial charge in [0.05, 0.1) is 18.4 Å². The van der Waals surface area contributed by atoms with Gasteiger partial charge in [0.15, 0.2) is 5.69 Å². The van der Waals surface area contributed by atoms with Crippen molar-refractivity contribution in [1.29, 1.82) is 0 Å². The minimum Gasteiger partial charge on any atom is -0.476 e. The van der Waals surface area contributed by atoms with Gasteiger partial charge in [-0.15, -0.1) is 11.3 Å². The number of carboxylic acids is 1. The van der Waals surface area contributed by atoms with Crippen LogP contribution in [0, 0.1) is 13.8 Å². The number of aromatic nitrogens is 2. The van der Waals surface area contributed by atoms with Crippen LogP contribution in [-0.2, 0) is 0 Å². The fourth-order valence-electron chi connectivity index (χ4n) is 1.89. The Bertz CT molecular complexity index is 592. The molecule has 0 aliphatic heterocycles. The molecular weight excluding hydrogens is 262 g/mol. The number of nitrogens with one attached hydrogen (secondary N) is 1. The van der Waals surface area contributed by atoms with Crippen molar-refractivity contribution in [3.05, 3.63) is 39.5 Å². The highest BCUT2D eigenvalue weighted by Gasteiger charge is 2.12. The van der Waals surface area contributed by atoms with Crippen molar-refractivity contribution in [2.75, 3.05) is 5.32 Å². The van der Waals surface area contributed by atoms with Crippen LogP contribution in [0.25, 0.3) is 0 Å². The molecule has 2 aromatic rings. The van der Waals surface area contributed by atoms with Crippen molar-refractivity contribution in [3.63, 3.8) is 0 Å². The second-order valence-electron chi connectivity index (χ2n) is 4.33. The average molecular weight is 277 g/mol. The lowest BCUT2D eigenvalue weighted by atomic mass is 10.1. The van der Waals surface area contributed by atoms with Crippen molar-refractivity contribution in [1.82, 2.24) is 9.97 Å². The fourth-order valence-corrected chi connectivity index (χ4v) is 2.92. The second-order valence-corrected chi connectivity index (χ2v) is 5.79. The lowest BCUT2D eigenvalue weighted by Crippen LogP contribution is -2.09. The summed E-state index contributed by atoms with van der Waals surface area (Å²) in [6, 6.07) is 2.26. The van der Waals surface area contributed by atoms with E-state index in [0.717, 1.165) is 0 Å². The third kappa shape index (κ3) is 3.08. The third-order valence-corrected chi connectivity index (χ3v) is 3.76. The Balaban J connectivity index is 2.12. The zero-order valence-electron chi connectivity index (χ0n) is 11.0. The van der Waals surface area contributed by atoms with Crippen LogP contribution in [0.2, 0.25) is 0 Å². The van der Waals surface area contributed by atoms with Crippen molar-refractivity contribution in [2.24, 2.45) is 0 Å². The molecule has 6 heteroatoms. The molecule has 0 aliphatic rings. The number of hydrogen-bond acceptors (Lipinski definition) is 5. The van der Waals surface area contributed by atoms with E-state index in [1.54, 1.807) is 11.3 Å². The highest BCUT2D eigenvalue weighted by atomic mass is 32.1. The monoisotopic (exact) mass is 277 g/mol. The van der Waals surface area contributed by atoms with Crippen LogP contribution in [0.4, 0.5) is 5.82 Å². The van der Waals surface area contributed by atoms with Gasteiger partial charge in [0.1, 0.15) is 5.82 Å². The number of anilines is 1. The molecule has 0 fully saturated rings. The summed E-state index contributed by atoms with van der Waals surface area (Å²) in [6.07, 6.45) is 2.69. The SMILES string of the molecule is Cc1cc(C(C)Nc2cnc(C(=O)O)cn2)c(C)s1. The fraction of sp³-hybridized carbons (Fsp3) is 0.308. The van der Waals surface area contributed by atoms with E-state index in [1.165, 1.54) is 27.7 Å². The lowest BCUT2D eigenvalue weighted by molar-refractivity contribution is 0.0690. The minimum atomic E-state index is -1.07. The number of carbonyl (C=O) groups is 1. The summed E-state index contributed by atoms with van der Waals surface area (Å²) < 4.78 is 0. The predicted octanol–water partition coefficient (Wildman–Crippen LogP) is 3.03. The predicted molar refractivity (Wildman–Crippen MR) is 74.8 cm³/mol. The standard InChI is InChI=1S/C13H15N3O2S/c1-7-4-10(9(3)19-7)8(2)16-12-6-14-11(5-15-12)13(17)18/h4-6,8H,1-3H3,(H,15,16)(H,17,18). The molecule has 2 aromatic heterocycles. The molecular formula is C13H15N3O2S. The van der Waals surface area contributed by atoms with Crippen LogP contribution in [0.15, 0.2) is 18.5 Å². The third-order valence-electron chi connectivity index (χ3n) is 2.78. The zero-order valence-corrected chi connectivity index (χ0v) is 11.8. The molecule has 0 spiro atoms. The largest absolute Gasteiger partial charge is 0.476 e. The van der Waals surface area contributed by atoms with E-state index in [4.69, 9.17) is 5.11 Å². The van der Waals surface area contributed by atoms with Crippen molar-refractivity contribution >= 4 is 23.1 Å². The number of carboxylic acid groups (broad SMARTS) is 1. The van der Waals surface area contributed by atoms with E-state index < -0.39 is 5.97 Å². The van der Waals surface area contributed by atoms with Gasteiger partial charge in [-0.05, 0) is 32.4 Å². The Hall–Kier alpha value is -1.95. The van der Waals surface area contributed by atoms with Gasteiger partial charge < -0.3 is 10.4 Å². The van der Waals surface area contributed by atoms with Crippen LogP contribution in [0.5, 0.6) is 0 Å². The zero-order chi connectivity index (χ0) is 14.0. The van der Waals surface area contributed by atoms with E-state index in [9.17, 15) is 4.79 Å². The first-order valence-electron chi connectivity index (χ1n) is 5.86. The first-order chi connectivity index (χ1) is 8.97. The Morgan fingerprint density at radius 2 is 2.11 bits per heavy atom. The maximum Gasteiger partial charge on any atom is 0.356 e. The van der Waals surface area contributed by atoms with Gasteiger partial charge in [-0.1, -0.05) is 0 Å². The molecule has 100 valence electrons. The van der Waals surface area contributed by atoms with Gasteiger partial charge in [0.2, 0.25) is 0 Å². The first-order valence-corrected chi connectivity index (χ1v) is 6.68. The quantitative estimate of drug-likeness (QED) is 0.898. The van der Waals surface area contributed by atoms with Gasteiger partial charge in [-0.3, -0.25) is 0 Å². The number of aromatic carboxylic acids is 1. The molecule has 0 bridgehead atoms. The van der Waals surface area contributed by atoms with Gasteiger partial charge in [0, 0.05) is 9.75 Å². The summed E-state index contributed by atoms with van der Waals surface area (Å²) in [7, 11) is 0. The molecule has 2 heterocycles. The highest BCUT2D eigenvalue weighted by Crippen LogP contribution is 2.27. The Labute approximate surface area is 115 Å². The Morgan fingerprint density at radius 1 is 1.37 bits per heavy atom. The van der Waals surface area contributed by atoms with Crippen LogP contribution >= 0.6 is 11.3 Å². The van der Waals surface area contributed by atoms with Crippen LogP contribution in [0.1, 0.15) is 38.8 Å². The molecule has 0 amide bonds. The van der Waals surface area contributed by atoms with Gasteiger partial charge >= 0.3 is 5.97 Å².